The largest absolute Gasteiger partial charge is 0.447 e. The Morgan fingerprint density at radius 1 is 1.06 bits per heavy atom. The predicted molar refractivity (Wildman–Crippen MR) is 136 cm³/mol. The zero-order valence-corrected chi connectivity index (χ0v) is 20.6. The molecule has 0 saturated carbocycles. The second-order valence-corrected chi connectivity index (χ2v) is 9.45. The highest BCUT2D eigenvalue weighted by atomic mass is 35.5. The van der Waals surface area contributed by atoms with Crippen molar-refractivity contribution < 1.29 is 4.74 Å². The van der Waals surface area contributed by atoms with Gasteiger partial charge in [-0.15, -0.1) is 10.2 Å². The summed E-state index contributed by atoms with van der Waals surface area (Å²) in [7, 11) is 0. The van der Waals surface area contributed by atoms with Crippen LogP contribution in [0.3, 0.4) is 0 Å². The second kappa shape index (κ2) is 10.0. The third-order valence-electron chi connectivity index (χ3n) is 5.62. The predicted octanol–water partition coefficient (Wildman–Crippen LogP) is 6.47. The zero-order valence-electron chi connectivity index (χ0n) is 19.0. The first-order chi connectivity index (χ1) is 16.7. The number of benzene rings is 2. The number of anilines is 1. The molecule has 3 heterocycles. The Balaban J connectivity index is 1.54. The Morgan fingerprint density at radius 2 is 1.85 bits per heavy atom. The van der Waals surface area contributed by atoms with Crippen molar-refractivity contribution in [3.63, 3.8) is 0 Å². The highest BCUT2D eigenvalue weighted by Gasteiger charge is 2.31. The number of unbranched alkanes of at least 4 members (excludes halogenated alkanes) is 2. The molecular formula is C25H25ClN6OS. The number of nitrogens with one attached hydrogen (secondary N) is 1. The van der Waals surface area contributed by atoms with E-state index in [1.165, 1.54) is 12.8 Å². The standard InChI is InChI=1S/C25H25ClN6OS/c1-3-4-10-15-34-25-28-24-21(29-30-25)18-13-8-9-14-19(18)27-23(33-24)20-16(2)31-32(22(20)26)17-11-6-5-7-12-17/h5-9,11-14,23,27H,3-4,10,15H2,1-2H3/t23-/m0/s1. The van der Waals surface area contributed by atoms with Crippen LogP contribution in [-0.2, 0) is 0 Å². The van der Waals surface area contributed by atoms with Crippen molar-refractivity contribution in [2.75, 3.05) is 11.1 Å². The maximum absolute atomic E-state index is 6.86. The molecule has 7 nitrogen and oxygen atoms in total. The first-order valence-electron chi connectivity index (χ1n) is 11.4. The minimum Gasteiger partial charge on any atom is -0.447 e. The molecule has 1 aliphatic heterocycles. The molecule has 0 bridgehead atoms. The van der Waals surface area contributed by atoms with Gasteiger partial charge in [0.15, 0.2) is 5.69 Å². The molecule has 1 aliphatic rings. The number of rotatable bonds is 7. The molecule has 0 saturated heterocycles. The molecule has 174 valence electrons. The van der Waals surface area contributed by atoms with Crippen LogP contribution in [0.2, 0.25) is 5.15 Å². The lowest BCUT2D eigenvalue weighted by atomic mass is 10.1. The van der Waals surface area contributed by atoms with E-state index >= 15 is 0 Å². The molecule has 4 aromatic rings. The van der Waals surface area contributed by atoms with E-state index in [0.29, 0.717) is 21.9 Å². The molecule has 1 atom stereocenters. The molecular weight excluding hydrogens is 468 g/mol. The molecule has 5 rings (SSSR count). The SMILES string of the molecule is CCCCCSc1nnc2c(n1)O[C@@H](c1c(C)nn(-c3ccccc3)c1Cl)Nc1ccccc1-2. The van der Waals surface area contributed by atoms with Crippen LogP contribution in [0.25, 0.3) is 16.9 Å². The minimum absolute atomic E-state index is 0.429. The second-order valence-electron chi connectivity index (χ2n) is 8.03. The number of halogens is 1. The third-order valence-corrected chi connectivity index (χ3v) is 6.91. The number of aryl methyl sites for hydroxylation is 1. The van der Waals surface area contributed by atoms with Crippen molar-refractivity contribution >= 4 is 29.1 Å². The van der Waals surface area contributed by atoms with Crippen LogP contribution in [0.4, 0.5) is 5.69 Å². The van der Waals surface area contributed by atoms with Crippen LogP contribution >= 0.6 is 23.4 Å². The van der Waals surface area contributed by atoms with Crippen LogP contribution in [0.5, 0.6) is 5.88 Å². The molecule has 2 aromatic heterocycles. The van der Waals surface area contributed by atoms with E-state index in [1.807, 2.05) is 61.5 Å². The van der Waals surface area contributed by atoms with Gasteiger partial charge in [-0.3, -0.25) is 0 Å². The van der Waals surface area contributed by atoms with Crippen molar-refractivity contribution in [3.05, 3.63) is 71.0 Å². The Bertz CT molecular complexity index is 1300. The monoisotopic (exact) mass is 492 g/mol. The fourth-order valence-electron chi connectivity index (χ4n) is 3.90. The average molecular weight is 493 g/mol. The number of fused-ring (bicyclic) bond motifs is 3. The fraction of sp³-hybridized carbons (Fsp3) is 0.280. The molecule has 0 aliphatic carbocycles. The van der Waals surface area contributed by atoms with Crippen molar-refractivity contribution in [1.82, 2.24) is 25.0 Å². The number of hydrogen-bond donors (Lipinski definition) is 1. The van der Waals surface area contributed by atoms with Gasteiger partial charge < -0.3 is 10.1 Å². The van der Waals surface area contributed by atoms with Crippen molar-refractivity contribution in [2.24, 2.45) is 0 Å². The summed E-state index contributed by atoms with van der Waals surface area (Å²) in [5, 5.41) is 18.1. The summed E-state index contributed by atoms with van der Waals surface area (Å²) in [5.74, 6) is 1.37. The number of para-hydroxylation sites is 2. The summed E-state index contributed by atoms with van der Waals surface area (Å²) in [5.41, 5.74) is 4.76. The molecule has 0 amide bonds. The van der Waals surface area contributed by atoms with Gasteiger partial charge in [-0.25, -0.2) is 4.68 Å². The lowest BCUT2D eigenvalue weighted by Gasteiger charge is -2.19. The third kappa shape index (κ3) is 4.48. The summed E-state index contributed by atoms with van der Waals surface area (Å²) in [6, 6.07) is 17.7. The van der Waals surface area contributed by atoms with Crippen LogP contribution in [0, 0.1) is 6.92 Å². The van der Waals surface area contributed by atoms with E-state index in [4.69, 9.17) is 21.3 Å². The Kier molecular flexibility index (Phi) is 6.69. The van der Waals surface area contributed by atoms with Crippen LogP contribution in [0.1, 0.15) is 43.7 Å². The highest BCUT2D eigenvalue weighted by molar-refractivity contribution is 7.99. The van der Waals surface area contributed by atoms with Gasteiger partial charge in [-0.05, 0) is 31.5 Å². The quantitative estimate of drug-likeness (QED) is 0.234. The summed E-state index contributed by atoms with van der Waals surface area (Å²) < 4.78 is 8.15. The number of hydrogen-bond acceptors (Lipinski definition) is 7. The average Bonchev–Trinajstić information content (AvgIpc) is 3.06. The van der Waals surface area contributed by atoms with E-state index in [2.05, 4.69) is 27.5 Å². The van der Waals surface area contributed by atoms with Gasteiger partial charge in [0.05, 0.1) is 16.9 Å². The van der Waals surface area contributed by atoms with E-state index in [0.717, 1.165) is 40.4 Å². The Morgan fingerprint density at radius 3 is 2.68 bits per heavy atom. The van der Waals surface area contributed by atoms with E-state index in [1.54, 1.807) is 16.4 Å². The normalized spacial score (nSPS) is 14.5. The maximum Gasteiger partial charge on any atom is 0.247 e. The van der Waals surface area contributed by atoms with Gasteiger partial charge in [0.25, 0.3) is 0 Å². The molecule has 0 spiro atoms. The number of ether oxygens (including phenoxy) is 1. The van der Waals surface area contributed by atoms with Gasteiger partial charge in [0.2, 0.25) is 17.3 Å². The fourth-order valence-corrected chi connectivity index (χ4v) is 5.05. The summed E-state index contributed by atoms with van der Waals surface area (Å²) in [6.45, 7) is 4.12. The van der Waals surface area contributed by atoms with Crippen LogP contribution < -0.4 is 10.1 Å². The van der Waals surface area contributed by atoms with Crippen LogP contribution in [0.15, 0.2) is 59.8 Å². The van der Waals surface area contributed by atoms with E-state index in [9.17, 15) is 0 Å². The topological polar surface area (TPSA) is 77.8 Å². The zero-order chi connectivity index (χ0) is 23.5. The molecule has 9 heteroatoms. The first kappa shape index (κ1) is 22.7. The molecule has 0 radical (unpaired) electrons. The number of aromatic nitrogens is 5. The lowest BCUT2D eigenvalue weighted by molar-refractivity contribution is 0.224. The van der Waals surface area contributed by atoms with E-state index in [-0.39, 0.29) is 0 Å². The summed E-state index contributed by atoms with van der Waals surface area (Å²) in [6.07, 6.45) is 2.88. The smallest absolute Gasteiger partial charge is 0.247 e. The summed E-state index contributed by atoms with van der Waals surface area (Å²) >= 11 is 8.46. The van der Waals surface area contributed by atoms with Crippen molar-refractivity contribution in [3.8, 4) is 22.8 Å². The van der Waals surface area contributed by atoms with Gasteiger partial charge >= 0.3 is 0 Å². The first-order valence-corrected chi connectivity index (χ1v) is 12.7. The molecule has 34 heavy (non-hydrogen) atoms. The molecule has 0 unspecified atom stereocenters. The Hall–Kier alpha value is -3.10. The van der Waals surface area contributed by atoms with Gasteiger partial charge in [0, 0.05) is 17.0 Å². The van der Waals surface area contributed by atoms with Crippen LogP contribution in [-0.4, -0.2) is 30.7 Å². The Labute approximate surface area is 207 Å². The highest BCUT2D eigenvalue weighted by Crippen LogP contribution is 2.41. The van der Waals surface area contributed by atoms with E-state index < -0.39 is 6.23 Å². The van der Waals surface area contributed by atoms with Gasteiger partial charge in [0.1, 0.15) is 5.15 Å². The minimum atomic E-state index is -0.595. The molecule has 1 N–H and O–H groups in total. The number of thioether (sulfide) groups is 1. The maximum atomic E-state index is 6.86. The lowest BCUT2D eigenvalue weighted by Crippen LogP contribution is -2.18. The van der Waals surface area contributed by atoms with Crippen molar-refractivity contribution in [2.45, 2.75) is 44.5 Å². The van der Waals surface area contributed by atoms with Gasteiger partial charge in [-0.2, -0.15) is 10.1 Å². The number of nitrogens with zero attached hydrogens (tertiary/aromatic N) is 5. The molecule has 0 fully saturated rings. The molecule has 2 aromatic carbocycles. The summed E-state index contributed by atoms with van der Waals surface area (Å²) in [4.78, 5) is 4.73. The van der Waals surface area contributed by atoms with Crippen molar-refractivity contribution in [1.29, 1.82) is 0 Å². The van der Waals surface area contributed by atoms with Gasteiger partial charge in [-0.1, -0.05) is 79.5 Å².